The van der Waals surface area contributed by atoms with E-state index in [1.54, 1.807) is 7.11 Å². The second-order valence-electron chi connectivity index (χ2n) is 6.31. The first-order valence-electron chi connectivity index (χ1n) is 9.55. The van der Waals surface area contributed by atoms with Crippen molar-refractivity contribution in [3.05, 3.63) is 24.3 Å². The molecule has 1 radical (unpaired) electrons. The summed E-state index contributed by atoms with van der Waals surface area (Å²) in [5.74, 6) is 1.60. The summed E-state index contributed by atoms with van der Waals surface area (Å²) in [6, 6.07) is 8.59. The highest BCUT2D eigenvalue weighted by atomic mass is 16.5. The first-order chi connectivity index (χ1) is 11.4. The Morgan fingerprint density at radius 1 is 0.783 bits per heavy atom. The van der Waals surface area contributed by atoms with Crippen molar-refractivity contribution < 1.29 is 9.47 Å². The van der Waals surface area contributed by atoms with Gasteiger partial charge in [-0.05, 0) is 24.6 Å². The lowest BCUT2D eigenvalue weighted by atomic mass is 10.1. The predicted octanol–water partition coefficient (Wildman–Crippen LogP) is 6.58. The molecule has 0 saturated heterocycles. The number of methoxy groups -OCH3 is 1. The van der Waals surface area contributed by atoms with Gasteiger partial charge in [-0.25, -0.2) is 0 Å². The lowest BCUT2D eigenvalue weighted by Crippen LogP contribution is -1.99. The van der Waals surface area contributed by atoms with Gasteiger partial charge in [0, 0.05) is 0 Å². The van der Waals surface area contributed by atoms with Crippen LogP contribution < -0.4 is 9.47 Å². The van der Waals surface area contributed by atoms with Crippen LogP contribution in [-0.4, -0.2) is 13.7 Å². The first kappa shape index (κ1) is 19.9. The lowest BCUT2D eigenvalue weighted by molar-refractivity contribution is 0.284. The van der Waals surface area contributed by atoms with E-state index in [4.69, 9.17) is 9.47 Å². The summed E-state index contributed by atoms with van der Waals surface area (Å²) in [5.41, 5.74) is 0. The van der Waals surface area contributed by atoms with E-state index in [1.165, 1.54) is 70.6 Å². The summed E-state index contributed by atoms with van der Waals surface area (Å²) in [4.78, 5) is 0. The largest absolute Gasteiger partial charge is 0.493 e. The number of hydrogen-bond acceptors (Lipinski definition) is 2. The third kappa shape index (κ3) is 10.3. The fourth-order valence-corrected chi connectivity index (χ4v) is 2.80. The average molecular weight is 320 g/mol. The fraction of sp³-hybridized carbons (Fsp3) is 0.714. The summed E-state index contributed by atoms with van der Waals surface area (Å²) < 4.78 is 11.0. The molecule has 0 spiro atoms. The number of hydrogen-bond donors (Lipinski definition) is 0. The van der Waals surface area contributed by atoms with Crippen molar-refractivity contribution in [3.63, 3.8) is 0 Å². The van der Waals surface area contributed by atoms with E-state index in [0.29, 0.717) is 0 Å². The van der Waals surface area contributed by atoms with Gasteiger partial charge in [0.25, 0.3) is 0 Å². The highest BCUT2D eigenvalue weighted by Gasteiger charge is 2.01. The highest BCUT2D eigenvalue weighted by molar-refractivity contribution is 5.38. The summed E-state index contributed by atoms with van der Waals surface area (Å²) in [7, 11) is 1.67. The maximum absolute atomic E-state index is 5.77. The van der Waals surface area contributed by atoms with E-state index in [0.717, 1.165) is 24.5 Å². The predicted molar refractivity (Wildman–Crippen MR) is 98.4 cm³/mol. The number of ether oxygens (including phenoxy) is 2. The molecule has 0 aliphatic carbocycles. The first-order valence-corrected chi connectivity index (χ1v) is 9.55. The third-order valence-corrected chi connectivity index (χ3v) is 4.26. The van der Waals surface area contributed by atoms with Gasteiger partial charge in [0.2, 0.25) is 0 Å². The molecule has 0 saturated carbocycles. The molecule has 0 aliphatic heterocycles. The van der Waals surface area contributed by atoms with Crippen LogP contribution in [0, 0.1) is 6.07 Å². The Kier molecular flexibility index (Phi) is 12.5. The Hall–Kier alpha value is -1.18. The maximum atomic E-state index is 5.77. The van der Waals surface area contributed by atoms with Crippen LogP contribution in [0.4, 0.5) is 0 Å². The zero-order valence-electron chi connectivity index (χ0n) is 15.2. The second-order valence-corrected chi connectivity index (χ2v) is 6.31. The van der Waals surface area contributed by atoms with Crippen molar-refractivity contribution in [3.8, 4) is 11.5 Å². The molecule has 0 fully saturated rings. The molecule has 0 aromatic heterocycles. The second kappa shape index (κ2) is 14.4. The molecule has 23 heavy (non-hydrogen) atoms. The summed E-state index contributed by atoms with van der Waals surface area (Å²) in [6.45, 7) is 3.05. The summed E-state index contributed by atoms with van der Waals surface area (Å²) in [6.07, 6.45) is 16.4. The Labute approximate surface area is 143 Å². The van der Waals surface area contributed by atoms with E-state index < -0.39 is 0 Å². The molecule has 0 amide bonds. The van der Waals surface area contributed by atoms with Crippen LogP contribution >= 0.6 is 0 Å². The summed E-state index contributed by atoms with van der Waals surface area (Å²) >= 11 is 0. The highest BCUT2D eigenvalue weighted by Crippen LogP contribution is 2.25. The minimum absolute atomic E-state index is 0.770. The molecule has 0 aliphatic rings. The van der Waals surface area contributed by atoms with Crippen molar-refractivity contribution in [2.45, 2.75) is 84.0 Å². The van der Waals surface area contributed by atoms with Crippen LogP contribution in [0.2, 0.25) is 0 Å². The molecule has 2 nitrogen and oxygen atoms in total. The molecule has 1 rings (SSSR count). The van der Waals surface area contributed by atoms with Crippen LogP contribution in [0.15, 0.2) is 18.2 Å². The minimum atomic E-state index is 0.770. The van der Waals surface area contributed by atoms with Gasteiger partial charge >= 0.3 is 0 Å². The van der Waals surface area contributed by atoms with Crippen LogP contribution in [0.25, 0.3) is 0 Å². The van der Waals surface area contributed by atoms with Gasteiger partial charge in [0.05, 0.1) is 13.7 Å². The number of unbranched alkanes of at least 4 members (excludes halogenated alkanes) is 11. The molecule has 2 heteroatoms. The van der Waals surface area contributed by atoms with E-state index in [2.05, 4.69) is 13.0 Å². The molecule has 0 atom stereocenters. The maximum Gasteiger partial charge on any atom is 0.161 e. The zero-order chi connectivity index (χ0) is 16.6. The molecule has 0 unspecified atom stereocenters. The van der Waals surface area contributed by atoms with Crippen LogP contribution in [0.5, 0.6) is 11.5 Å². The van der Waals surface area contributed by atoms with Gasteiger partial charge in [0.1, 0.15) is 0 Å². The number of rotatable bonds is 15. The van der Waals surface area contributed by atoms with Gasteiger partial charge in [-0.1, -0.05) is 83.6 Å². The monoisotopic (exact) mass is 319 g/mol. The Morgan fingerprint density at radius 2 is 1.35 bits per heavy atom. The van der Waals surface area contributed by atoms with Crippen LogP contribution in [0.3, 0.4) is 0 Å². The Balaban J connectivity index is 1.86. The topological polar surface area (TPSA) is 18.5 Å². The Morgan fingerprint density at radius 3 is 1.91 bits per heavy atom. The molecule has 1 aromatic carbocycles. The van der Waals surface area contributed by atoms with E-state index in [-0.39, 0.29) is 0 Å². The van der Waals surface area contributed by atoms with Crippen molar-refractivity contribution in [1.82, 2.24) is 0 Å². The molecular weight excluding hydrogens is 284 g/mol. The molecule has 0 N–H and O–H groups in total. The molecule has 0 bridgehead atoms. The van der Waals surface area contributed by atoms with Crippen molar-refractivity contribution >= 4 is 0 Å². The van der Waals surface area contributed by atoms with Crippen molar-refractivity contribution in [1.29, 1.82) is 0 Å². The van der Waals surface area contributed by atoms with Gasteiger partial charge in [-0.15, -0.1) is 0 Å². The van der Waals surface area contributed by atoms with Crippen LogP contribution in [0.1, 0.15) is 84.0 Å². The van der Waals surface area contributed by atoms with Crippen LogP contribution in [-0.2, 0) is 0 Å². The molecule has 1 aromatic rings. The molecule has 131 valence electrons. The zero-order valence-corrected chi connectivity index (χ0v) is 15.2. The van der Waals surface area contributed by atoms with Crippen molar-refractivity contribution in [2.24, 2.45) is 0 Å². The van der Waals surface area contributed by atoms with E-state index >= 15 is 0 Å². The van der Waals surface area contributed by atoms with Gasteiger partial charge < -0.3 is 9.47 Å². The SMILES string of the molecule is CCCCCCCCCCCCCCOc1cc[c]cc1OC. The van der Waals surface area contributed by atoms with Crippen molar-refractivity contribution in [2.75, 3.05) is 13.7 Å². The van der Waals surface area contributed by atoms with E-state index in [1.807, 2.05) is 18.2 Å². The third-order valence-electron chi connectivity index (χ3n) is 4.26. The normalized spacial score (nSPS) is 10.7. The standard InChI is InChI=1S/C21H35O2/c1-3-4-5-6-7-8-9-10-11-12-13-16-19-23-21-18-15-14-17-20(21)22-2/h15,17-18H,3-13,16,19H2,1-2H3. The van der Waals surface area contributed by atoms with Gasteiger partial charge in [-0.3, -0.25) is 0 Å². The average Bonchev–Trinajstić information content (AvgIpc) is 2.59. The van der Waals surface area contributed by atoms with Gasteiger partial charge in [0.15, 0.2) is 11.5 Å². The number of benzene rings is 1. The van der Waals surface area contributed by atoms with Gasteiger partial charge in [-0.2, -0.15) is 0 Å². The lowest BCUT2D eigenvalue weighted by Gasteiger charge is -2.09. The van der Waals surface area contributed by atoms with E-state index in [9.17, 15) is 0 Å². The molecular formula is C21H35O2. The summed E-state index contributed by atoms with van der Waals surface area (Å²) in [5, 5.41) is 0. The fourth-order valence-electron chi connectivity index (χ4n) is 2.80. The smallest absolute Gasteiger partial charge is 0.161 e. The quantitative estimate of drug-likeness (QED) is 0.340. The minimum Gasteiger partial charge on any atom is -0.493 e. The molecule has 0 heterocycles. The Bertz CT molecular complexity index is 376.